The Morgan fingerprint density at radius 1 is 1.14 bits per heavy atom. The summed E-state index contributed by atoms with van der Waals surface area (Å²) < 4.78 is 11.4. The predicted octanol–water partition coefficient (Wildman–Crippen LogP) is 0.595. The molecule has 2 heterocycles. The van der Waals surface area contributed by atoms with Crippen LogP contribution in [-0.2, 0) is 9.59 Å². The topological polar surface area (TPSA) is 100 Å². The van der Waals surface area contributed by atoms with E-state index in [1.807, 2.05) is 36.9 Å². The molecule has 1 aromatic carbocycles. The van der Waals surface area contributed by atoms with Gasteiger partial charge in [-0.15, -0.1) is 0 Å². The molecule has 1 saturated heterocycles. The number of nitrogens with one attached hydrogen (secondary N) is 2. The lowest BCUT2D eigenvalue weighted by Gasteiger charge is -2.36. The summed E-state index contributed by atoms with van der Waals surface area (Å²) in [6, 6.07) is 6.81. The normalized spacial score (nSPS) is 19.9. The van der Waals surface area contributed by atoms with Crippen molar-refractivity contribution in [3.63, 3.8) is 0 Å². The molecule has 2 aliphatic heterocycles. The van der Waals surface area contributed by atoms with Crippen LogP contribution in [0.4, 0.5) is 4.79 Å². The molecule has 4 amide bonds. The van der Waals surface area contributed by atoms with Gasteiger partial charge < -0.3 is 19.7 Å². The first-order chi connectivity index (χ1) is 14.0. The number of hydrogen-bond donors (Lipinski definition) is 2. The number of carbonyl (C=O) groups is 3. The molecule has 1 aromatic rings. The fourth-order valence-electron chi connectivity index (χ4n) is 3.20. The van der Waals surface area contributed by atoms with Gasteiger partial charge in [0.05, 0.1) is 6.54 Å². The van der Waals surface area contributed by atoms with Gasteiger partial charge in [0.1, 0.15) is 6.61 Å². The quantitative estimate of drug-likeness (QED) is 0.745. The van der Waals surface area contributed by atoms with Gasteiger partial charge in [0.2, 0.25) is 12.0 Å². The SMILES string of the molecule is CC[C@@H](C)NC(=O)NC(=O)CN1CCN(C(=O)[C@@H]2COc3ccccc3O2)CC1. The second-order valence-corrected chi connectivity index (χ2v) is 7.30. The number of urea groups is 1. The summed E-state index contributed by atoms with van der Waals surface area (Å²) in [5.74, 6) is 0.746. The van der Waals surface area contributed by atoms with E-state index in [0.29, 0.717) is 37.7 Å². The molecule has 3 rings (SSSR count). The van der Waals surface area contributed by atoms with Crippen molar-refractivity contribution in [1.29, 1.82) is 0 Å². The number of imide groups is 1. The average molecular weight is 404 g/mol. The maximum Gasteiger partial charge on any atom is 0.321 e. The van der Waals surface area contributed by atoms with Crippen molar-refractivity contribution in [2.24, 2.45) is 0 Å². The summed E-state index contributed by atoms with van der Waals surface area (Å²) in [7, 11) is 0. The van der Waals surface area contributed by atoms with Crippen molar-refractivity contribution in [1.82, 2.24) is 20.4 Å². The van der Waals surface area contributed by atoms with Crippen molar-refractivity contribution in [3.05, 3.63) is 24.3 Å². The van der Waals surface area contributed by atoms with Gasteiger partial charge in [-0.2, -0.15) is 0 Å². The van der Waals surface area contributed by atoms with Crippen molar-refractivity contribution in [2.45, 2.75) is 32.4 Å². The number of benzene rings is 1. The third kappa shape index (κ3) is 5.60. The van der Waals surface area contributed by atoms with Gasteiger partial charge in [0.25, 0.3) is 5.91 Å². The van der Waals surface area contributed by atoms with E-state index in [9.17, 15) is 14.4 Å². The van der Waals surface area contributed by atoms with Crippen molar-refractivity contribution < 1.29 is 23.9 Å². The van der Waals surface area contributed by atoms with Crippen LogP contribution in [0.1, 0.15) is 20.3 Å². The fraction of sp³-hybridized carbons (Fsp3) is 0.550. The molecular weight excluding hydrogens is 376 g/mol. The summed E-state index contributed by atoms with van der Waals surface area (Å²) in [4.78, 5) is 40.2. The highest BCUT2D eigenvalue weighted by molar-refractivity contribution is 5.95. The molecular formula is C20H28N4O5. The summed E-state index contributed by atoms with van der Waals surface area (Å²) >= 11 is 0. The van der Waals surface area contributed by atoms with Crippen LogP contribution < -0.4 is 20.1 Å². The number of rotatable bonds is 5. The molecule has 0 saturated carbocycles. The predicted molar refractivity (Wildman–Crippen MR) is 106 cm³/mol. The first kappa shape index (κ1) is 20.9. The number of piperazine rings is 1. The van der Waals surface area contributed by atoms with Crippen LogP contribution in [0.2, 0.25) is 0 Å². The molecule has 29 heavy (non-hydrogen) atoms. The molecule has 0 aliphatic carbocycles. The van der Waals surface area contributed by atoms with Gasteiger partial charge in [-0.05, 0) is 25.5 Å². The molecule has 2 aliphatic rings. The number of fused-ring (bicyclic) bond motifs is 1. The van der Waals surface area contributed by atoms with Crippen LogP contribution in [0.15, 0.2) is 24.3 Å². The molecule has 0 bridgehead atoms. The van der Waals surface area contributed by atoms with E-state index in [1.54, 1.807) is 11.0 Å². The molecule has 0 aromatic heterocycles. The van der Waals surface area contributed by atoms with Gasteiger partial charge in [0.15, 0.2) is 11.5 Å². The lowest BCUT2D eigenvalue weighted by Crippen LogP contribution is -2.55. The third-order valence-corrected chi connectivity index (χ3v) is 5.08. The first-order valence-electron chi connectivity index (χ1n) is 9.96. The number of amides is 4. The lowest BCUT2D eigenvalue weighted by molar-refractivity contribution is -0.143. The number of ether oxygens (including phenoxy) is 2. The van der Waals surface area contributed by atoms with E-state index in [2.05, 4.69) is 10.6 Å². The summed E-state index contributed by atoms with van der Waals surface area (Å²) in [5, 5.41) is 5.03. The van der Waals surface area contributed by atoms with Gasteiger partial charge >= 0.3 is 6.03 Å². The average Bonchev–Trinajstić information content (AvgIpc) is 2.73. The lowest BCUT2D eigenvalue weighted by atomic mass is 10.2. The molecule has 158 valence electrons. The Morgan fingerprint density at radius 2 is 1.83 bits per heavy atom. The van der Waals surface area contributed by atoms with Crippen molar-refractivity contribution in [2.75, 3.05) is 39.3 Å². The van der Waals surface area contributed by atoms with E-state index in [4.69, 9.17) is 9.47 Å². The maximum absolute atomic E-state index is 12.7. The Balaban J connectivity index is 1.42. The largest absolute Gasteiger partial charge is 0.485 e. The minimum atomic E-state index is -0.663. The molecule has 9 heteroatoms. The number of hydrogen-bond acceptors (Lipinski definition) is 6. The zero-order valence-corrected chi connectivity index (χ0v) is 16.8. The minimum absolute atomic E-state index is 0.00954. The fourth-order valence-corrected chi connectivity index (χ4v) is 3.20. The first-order valence-corrected chi connectivity index (χ1v) is 9.96. The monoisotopic (exact) mass is 404 g/mol. The van der Waals surface area contributed by atoms with Crippen LogP contribution in [0.25, 0.3) is 0 Å². The van der Waals surface area contributed by atoms with Crippen LogP contribution in [0, 0.1) is 0 Å². The highest BCUT2D eigenvalue weighted by atomic mass is 16.6. The second kappa shape index (κ2) is 9.60. The minimum Gasteiger partial charge on any atom is -0.485 e. The van der Waals surface area contributed by atoms with Gasteiger partial charge in [-0.25, -0.2) is 4.79 Å². The Labute approximate surface area is 170 Å². The Morgan fingerprint density at radius 3 is 2.52 bits per heavy atom. The molecule has 1 fully saturated rings. The Bertz CT molecular complexity index is 748. The highest BCUT2D eigenvalue weighted by Crippen LogP contribution is 2.31. The van der Waals surface area contributed by atoms with E-state index < -0.39 is 12.1 Å². The smallest absolute Gasteiger partial charge is 0.321 e. The van der Waals surface area contributed by atoms with Crippen LogP contribution in [-0.4, -0.2) is 79.1 Å². The van der Waals surface area contributed by atoms with Gasteiger partial charge in [-0.3, -0.25) is 19.8 Å². The van der Waals surface area contributed by atoms with Crippen LogP contribution >= 0.6 is 0 Å². The van der Waals surface area contributed by atoms with E-state index >= 15 is 0 Å². The van der Waals surface area contributed by atoms with Gasteiger partial charge in [0, 0.05) is 32.2 Å². The Kier molecular flexibility index (Phi) is 6.92. The second-order valence-electron chi connectivity index (χ2n) is 7.30. The van der Waals surface area contributed by atoms with Crippen molar-refractivity contribution >= 4 is 17.8 Å². The Hall–Kier alpha value is -2.81. The zero-order chi connectivity index (χ0) is 20.8. The van der Waals surface area contributed by atoms with E-state index in [-0.39, 0.29) is 31.0 Å². The van der Waals surface area contributed by atoms with Gasteiger partial charge in [-0.1, -0.05) is 19.1 Å². The maximum atomic E-state index is 12.7. The van der Waals surface area contributed by atoms with Crippen molar-refractivity contribution in [3.8, 4) is 11.5 Å². The summed E-state index contributed by atoms with van der Waals surface area (Å²) in [5.41, 5.74) is 0. The molecule has 0 spiro atoms. The number of carbonyl (C=O) groups excluding carboxylic acids is 3. The number of nitrogens with zero attached hydrogens (tertiary/aromatic N) is 2. The molecule has 9 nitrogen and oxygen atoms in total. The summed E-state index contributed by atoms with van der Waals surface area (Å²) in [6.07, 6.45) is 0.128. The van der Waals surface area contributed by atoms with Crippen LogP contribution in [0.3, 0.4) is 0 Å². The number of para-hydroxylation sites is 2. The molecule has 0 unspecified atom stereocenters. The third-order valence-electron chi connectivity index (χ3n) is 5.08. The molecule has 2 atom stereocenters. The molecule has 2 N–H and O–H groups in total. The summed E-state index contributed by atoms with van der Waals surface area (Å²) in [6.45, 7) is 6.22. The zero-order valence-electron chi connectivity index (χ0n) is 16.8. The highest BCUT2D eigenvalue weighted by Gasteiger charge is 2.33. The van der Waals surface area contributed by atoms with E-state index in [1.165, 1.54) is 0 Å². The van der Waals surface area contributed by atoms with E-state index in [0.717, 1.165) is 6.42 Å². The van der Waals surface area contributed by atoms with Crippen LogP contribution in [0.5, 0.6) is 11.5 Å². The molecule has 0 radical (unpaired) electrons. The standard InChI is InChI=1S/C20H28N4O5/c1-3-14(2)21-20(27)22-18(25)12-23-8-10-24(11-9-23)19(26)17-13-28-15-6-4-5-7-16(15)29-17/h4-7,14,17H,3,8-13H2,1-2H3,(H2,21,22,25,27)/t14-,17+/m1/s1.